The van der Waals surface area contributed by atoms with E-state index in [1.165, 1.54) is 25.7 Å². The van der Waals surface area contributed by atoms with Crippen LogP contribution < -0.4 is 5.32 Å². The predicted octanol–water partition coefficient (Wildman–Crippen LogP) is 1.15. The molecule has 0 aromatic heterocycles. The Morgan fingerprint density at radius 3 is 3.08 bits per heavy atom. The van der Waals surface area contributed by atoms with E-state index in [-0.39, 0.29) is 0 Å². The molecule has 0 bridgehead atoms. The van der Waals surface area contributed by atoms with Crippen molar-refractivity contribution in [2.75, 3.05) is 13.7 Å². The highest BCUT2D eigenvalue weighted by Gasteiger charge is 2.30. The molecule has 1 saturated heterocycles. The van der Waals surface area contributed by atoms with Crippen molar-refractivity contribution < 1.29 is 4.74 Å². The Labute approximate surface area is 73.2 Å². The fourth-order valence-electron chi connectivity index (χ4n) is 2.11. The van der Waals surface area contributed by atoms with Crippen LogP contribution >= 0.6 is 0 Å². The number of aliphatic imine (C=N–C) groups is 1. The Hall–Kier alpha value is -0.730. The molecule has 2 rings (SSSR count). The van der Waals surface area contributed by atoms with Gasteiger partial charge in [0.2, 0.25) is 0 Å². The third kappa shape index (κ3) is 1.40. The number of hydrogen-bond acceptors (Lipinski definition) is 2. The third-order valence-corrected chi connectivity index (χ3v) is 2.86. The quantitative estimate of drug-likeness (QED) is 0.588. The van der Waals surface area contributed by atoms with Crippen molar-refractivity contribution in [1.82, 2.24) is 5.32 Å². The monoisotopic (exact) mass is 168 g/mol. The van der Waals surface area contributed by atoms with E-state index in [0.29, 0.717) is 6.04 Å². The molecule has 0 radical (unpaired) electrons. The summed E-state index contributed by atoms with van der Waals surface area (Å²) in [5, 5.41) is 3.33. The van der Waals surface area contributed by atoms with Gasteiger partial charge in [-0.2, -0.15) is 0 Å². The molecular formula is C9H16N2O. The van der Waals surface area contributed by atoms with Gasteiger partial charge in [-0.05, 0) is 12.8 Å². The maximum absolute atomic E-state index is 5.44. The molecule has 0 aromatic carbocycles. The minimum atomic E-state index is 0.631. The van der Waals surface area contributed by atoms with Crippen molar-refractivity contribution in [1.29, 1.82) is 0 Å². The number of rotatable bonds is 0. The molecule has 0 aromatic rings. The van der Waals surface area contributed by atoms with E-state index in [4.69, 9.17) is 4.74 Å². The molecule has 2 unspecified atom stereocenters. The second-order valence-corrected chi connectivity index (χ2v) is 3.64. The average molecular weight is 168 g/mol. The van der Waals surface area contributed by atoms with Gasteiger partial charge in [-0.1, -0.05) is 12.8 Å². The van der Waals surface area contributed by atoms with E-state index in [1.54, 1.807) is 7.05 Å². The van der Waals surface area contributed by atoms with E-state index >= 15 is 0 Å². The van der Waals surface area contributed by atoms with Crippen LogP contribution in [0, 0.1) is 5.92 Å². The second-order valence-electron chi connectivity index (χ2n) is 3.64. The number of fused-ring (bicyclic) bond motifs is 1. The van der Waals surface area contributed by atoms with Crippen LogP contribution in [0.4, 0.5) is 0 Å². The summed E-state index contributed by atoms with van der Waals surface area (Å²) in [6.45, 7) is 0.865. The largest absolute Gasteiger partial charge is 0.465 e. The molecule has 0 amide bonds. The van der Waals surface area contributed by atoms with Gasteiger partial charge in [0, 0.05) is 19.0 Å². The molecular weight excluding hydrogens is 152 g/mol. The van der Waals surface area contributed by atoms with Gasteiger partial charge in [0.05, 0.1) is 6.61 Å². The van der Waals surface area contributed by atoms with Crippen LogP contribution in [0.2, 0.25) is 0 Å². The highest BCUT2D eigenvalue weighted by Crippen LogP contribution is 2.26. The summed E-state index contributed by atoms with van der Waals surface area (Å²) < 4.78 is 5.44. The Morgan fingerprint density at radius 1 is 1.42 bits per heavy atom. The number of amidine groups is 1. The van der Waals surface area contributed by atoms with Gasteiger partial charge in [-0.15, -0.1) is 0 Å². The van der Waals surface area contributed by atoms with E-state index in [0.717, 1.165) is 18.5 Å². The molecule has 2 atom stereocenters. The Morgan fingerprint density at radius 2 is 2.25 bits per heavy atom. The zero-order valence-electron chi connectivity index (χ0n) is 7.55. The molecule has 12 heavy (non-hydrogen) atoms. The van der Waals surface area contributed by atoms with Gasteiger partial charge < -0.3 is 10.1 Å². The molecule has 2 fully saturated rings. The van der Waals surface area contributed by atoms with Crippen molar-refractivity contribution in [2.45, 2.75) is 31.7 Å². The van der Waals surface area contributed by atoms with Crippen LogP contribution in [0.25, 0.3) is 0 Å². The molecule has 2 aliphatic rings. The molecule has 68 valence electrons. The summed E-state index contributed by atoms with van der Waals surface area (Å²) in [6, 6.07) is 1.37. The van der Waals surface area contributed by atoms with Gasteiger partial charge in [0.25, 0.3) is 6.02 Å². The molecule has 1 saturated carbocycles. The number of hydrogen-bond donors (Lipinski definition) is 1. The fourth-order valence-corrected chi connectivity index (χ4v) is 2.11. The summed E-state index contributed by atoms with van der Waals surface area (Å²) in [5.74, 6) is 0.726. The maximum atomic E-state index is 5.44. The van der Waals surface area contributed by atoms with E-state index in [2.05, 4.69) is 10.3 Å². The first-order valence-corrected chi connectivity index (χ1v) is 4.76. The summed E-state index contributed by atoms with van der Waals surface area (Å²) in [5.41, 5.74) is 0. The van der Waals surface area contributed by atoms with E-state index in [1.807, 2.05) is 0 Å². The normalized spacial score (nSPS) is 38.2. The highest BCUT2D eigenvalue weighted by molar-refractivity contribution is 5.74. The third-order valence-electron chi connectivity index (χ3n) is 2.86. The van der Waals surface area contributed by atoms with Crippen molar-refractivity contribution in [2.24, 2.45) is 10.9 Å². The van der Waals surface area contributed by atoms with Gasteiger partial charge in [0.15, 0.2) is 0 Å². The van der Waals surface area contributed by atoms with Gasteiger partial charge in [-0.25, -0.2) is 4.99 Å². The minimum Gasteiger partial charge on any atom is -0.465 e. The van der Waals surface area contributed by atoms with Crippen LogP contribution in [0.1, 0.15) is 25.7 Å². The molecule has 1 aliphatic carbocycles. The second kappa shape index (κ2) is 3.33. The van der Waals surface area contributed by atoms with Crippen LogP contribution in [-0.4, -0.2) is 25.7 Å². The summed E-state index contributed by atoms with van der Waals surface area (Å²) in [7, 11) is 1.77. The van der Waals surface area contributed by atoms with Crippen molar-refractivity contribution >= 4 is 6.02 Å². The predicted molar refractivity (Wildman–Crippen MR) is 48.2 cm³/mol. The summed E-state index contributed by atoms with van der Waals surface area (Å²) in [6.07, 6.45) is 5.32. The Balaban J connectivity index is 1.98. The smallest absolute Gasteiger partial charge is 0.284 e. The van der Waals surface area contributed by atoms with Crippen molar-refractivity contribution in [3.8, 4) is 0 Å². The Kier molecular flexibility index (Phi) is 2.19. The van der Waals surface area contributed by atoms with Crippen LogP contribution in [0.15, 0.2) is 4.99 Å². The number of nitrogens with zero attached hydrogens (tertiary/aromatic N) is 1. The zero-order valence-corrected chi connectivity index (χ0v) is 7.55. The fraction of sp³-hybridized carbons (Fsp3) is 0.889. The lowest BCUT2D eigenvalue weighted by Gasteiger charge is -2.36. The lowest BCUT2D eigenvalue weighted by atomic mass is 9.84. The first-order chi connectivity index (χ1) is 5.90. The Bertz CT molecular complexity index is 191. The van der Waals surface area contributed by atoms with Crippen LogP contribution in [0.5, 0.6) is 0 Å². The molecule has 1 heterocycles. The van der Waals surface area contributed by atoms with Crippen LogP contribution in [-0.2, 0) is 4.74 Å². The molecule has 1 aliphatic heterocycles. The highest BCUT2D eigenvalue weighted by atomic mass is 16.5. The van der Waals surface area contributed by atoms with Gasteiger partial charge >= 0.3 is 0 Å². The zero-order chi connectivity index (χ0) is 8.39. The van der Waals surface area contributed by atoms with E-state index < -0.39 is 0 Å². The van der Waals surface area contributed by atoms with E-state index in [9.17, 15) is 0 Å². The minimum absolute atomic E-state index is 0.631. The maximum Gasteiger partial charge on any atom is 0.284 e. The lowest BCUT2D eigenvalue weighted by Crippen LogP contribution is -2.49. The standard InChI is InChI=1S/C9H16N2O/c1-10-9-11-8-5-3-2-4-7(8)6-12-9/h7-8H,2-6H2,1H3,(H,10,11). The molecule has 1 N–H and O–H groups in total. The number of ether oxygens (including phenoxy) is 1. The summed E-state index contributed by atoms with van der Waals surface area (Å²) in [4.78, 5) is 4.02. The van der Waals surface area contributed by atoms with Gasteiger partial charge in [0.1, 0.15) is 0 Å². The topological polar surface area (TPSA) is 33.6 Å². The number of nitrogens with one attached hydrogen (secondary N) is 1. The van der Waals surface area contributed by atoms with Gasteiger partial charge in [-0.3, -0.25) is 0 Å². The average Bonchev–Trinajstić information content (AvgIpc) is 2.17. The summed E-state index contributed by atoms with van der Waals surface area (Å²) >= 11 is 0. The van der Waals surface area contributed by atoms with Crippen molar-refractivity contribution in [3.63, 3.8) is 0 Å². The molecule has 3 heteroatoms. The first-order valence-electron chi connectivity index (χ1n) is 4.76. The lowest BCUT2D eigenvalue weighted by molar-refractivity contribution is 0.124. The SMILES string of the molecule is CN=C1NC2CCCCC2CO1. The molecule has 3 nitrogen and oxygen atoms in total. The molecule has 0 spiro atoms. The van der Waals surface area contributed by atoms with Crippen molar-refractivity contribution in [3.05, 3.63) is 0 Å². The first kappa shape index (κ1) is 7.90. The van der Waals surface area contributed by atoms with Crippen LogP contribution in [0.3, 0.4) is 0 Å².